The monoisotopic (exact) mass is 332 g/mol. The molecule has 1 amide bonds. The number of anilines is 3. The molecule has 0 fully saturated rings. The Labute approximate surface area is 147 Å². The number of carbonyl (C=O) groups excluding carboxylic acids is 1. The Balaban J connectivity index is 1.69. The fraction of sp³-hybridized carbons (Fsp3) is 0.150. The van der Waals surface area contributed by atoms with Crippen LogP contribution < -0.4 is 10.6 Å². The average molecular weight is 332 g/mol. The molecule has 3 aromatic rings. The molecule has 0 aliphatic rings. The maximum Gasteiger partial charge on any atom is 0.276 e. The van der Waals surface area contributed by atoms with E-state index in [0.717, 1.165) is 23.4 Å². The van der Waals surface area contributed by atoms with Crippen LogP contribution in [0.2, 0.25) is 0 Å². The number of hydrogen-bond acceptors (Lipinski definition) is 4. The van der Waals surface area contributed by atoms with Crippen molar-refractivity contribution < 1.29 is 4.79 Å². The van der Waals surface area contributed by atoms with Gasteiger partial charge in [-0.25, -0.2) is 0 Å². The maximum absolute atomic E-state index is 12.4. The number of rotatable bonds is 5. The second-order valence-electron chi connectivity index (χ2n) is 5.76. The van der Waals surface area contributed by atoms with Gasteiger partial charge in [0.2, 0.25) is 0 Å². The van der Waals surface area contributed by atoms with Crippen LogP contribution in [0.25, 0.3) is 0 Å². The highest BCUT2D eigenvalue weighted by Gasteiger charge is 2.10. The van der Waals surface area contributed by atoms with Gasteiger partial charge in [0.1, 0.15) is 0 Å². The van der Waals surface area contributed by atoms with E-state index in [1.807, 2.05) is 55.5 Å². The minimum Gasteiger partial charge on any atom is -0.339 e. The molecule has 1 heterocycles. The number of nitrogens with zero attached hydrogens (tertiary/aromatic N) is 2. The highest BCUT2D eigenvalue weighted by Crippen LogP contribution is 2.17. The summed E-state index contributed by atoms with van der Waals surface area (Å²) in [4.78, 5) is 12.4. The molecule has 0 bridgehead atoms. The number of nitrogens with one attached hydrogen (secondary N) is 2. The molecular weight excluding hydrogens is 312 g/mol. The zero-order valence-corrected chi connectivity index (χ0v) is 14.3. The predicted octanol–water partition coefficient (Wildman–Crippen LogP) is 4.34. The Morgan fingerprint density at radius 3 is 2.40 bits per heavy atom. The number of aryl methyl sites for hydroxylation is 2. The summed E-state index contributed by atoms with van der Waals surface area (Å²) in [5.74, 6) is 0.324. The largest absolute Gasteiger partial charge is 0.339 e. The van der Waals surface area contributed by atoms with Crippen LogP contribution in [0.4, 0.5) is 17.2 Å². The Morgan fingerprint density at radius 2 is 1.72 bits per heavy atom. The molecule has 0 aliphatic heterocycles. The third-order valence-electron chi connectivity index (χ3n) is 3.87. The highest BCUT2D eigenvalue weighted by molar-refractivity contribution is 6.03. The van der Waals surface area contributed by atoms with Crippen LogP contribution in [-0.2, 0) is 6.42 Å². The number of benzene rings is 2. The van der Waals surface area contributed by atoms with Crippen molar-refractivity contribution in [2.75, 3.05) is 10.6 Å². The molecule has 0 atom stereocenters. The number of carbonyl (C=O) groups is 1. The Kier molecular flexibility index (Phi) is 5.04. The lowest BCUT2D eigenvalue weighted by atomic mass is 10.1. The van der Waals surface area contributed by atoms with Gasteiger partial charge in [0.15, 0.2) is 11.5 Å². The van der Waals surface area contributed by atoms with Crippen LogP contribution in [0, 0.1) is 6.92 Å². The molecule has 1 aromatic heterocycles. The predicted molar refractivity (Wildman–Crippen MR) is 100 cm³/mol. The molecule has 126 valence electrons. The minimum atomic E-state index is -0.268. The molecular formula is C20H20N4O. The lowest BCUT2D eigenvalue weighted by molar-refractivity contribution is 0.102. The van der Waals surface area contributed by atoms with Crippen LogP contribution in [0.1, 0.15) is 28.5 Å². The van der Waals surface area contributed by atoms with Gasteiger partial charge >= 0.3 is 0 Å². The van der Waals surface area contributed by atoms with E-state index in [1.54, 1.807) is 12.1 Å². The standard InChI is InChI=1S/C20H20N4O/c1-3-15-6-4-5-7-17(15)22-20(25)18-12-13-19(24-23-18)21-16-10-8-14(2)9-11-16/h4-13H,3H2,1-2H3,(H,21,24)(H,22,25). The van der Waals surface area contributed by atoms with Gasteiger partial charge in [-0.05, 0) is 49.2 Å². The molecule has 25 heavy (non-hydrogen) atoms. The van der Waals surface area contributed by atoms with Crippen LogP contribution in [0.5, 0.6) is 0 Å². The molecule has 0 aliphatic carbocycles. The summed E-state index contributed by atoms with van der Waals surface area (Å²) in [6, 6.07) is 19.1. The zero-order valence-electron chi connectivity index (χ0n) is 14.3. The van der Waals surface area contributed by atoms with E-state index in [1.165, 1.54) is 5.56 Å². The highest BCUT2D eigenvalue weighted by atomic mass is 16.1. The molecule has 0 saturated carbocycles. The van der Waals surface area contributed by atoms with E-state index >= 15 is 0 Å². The Hall–Kier alpha value is -3.21. The van der Waals surface area contributed by atoms with E-state index < -0.39 is 0 Å². The van der Waals surface area contributed by atoms with Crippen LogP contribution in [-0.4, -0.2) is 16.1 Å². The van der Waals surface area contributed by atoms with Crippen molar-refractivity contribution in [1.82, 2.24) is 10.2 Å². The zero-order chi connectivity index (χ0) is 17.6. The third-order valence-corrected chi connectivity index (χ3v) is 3.87. The third kappa shape index (κ3) is 4.20. The quantitative estimate of drug-likeness (QED) is 0.729. The van der Waals surface area contributed by atoms with Gasteiger partial charge in [-0.3, -0.25) is 4.79 Å². The van der Waals surface area contributed by atoms with Gasteiger partial charge in [0.25, 0.3) is 5.91 Å². The van der Waals surface area contributed by atoms with Crippen molar-refractivity contribution in [3.8, 4) is 0 Å². The van der Waals surface area contributed by atoms with E-state index in [9.17, 15) is 4.79 Å². The van der Waals surface area contributed by atoms with Crippen molar-refractivity contribution >= 4 is 23.1 Å². The SMILES string of the molecule is CCc1ccccc1NC(=O)c1ccc(Nc2ccc(C)cc2)nn1. The topological polar surface area (TPSA) is 66.9 Å². The maximum atomic E-state index is 12.4. The summed E-state index contributed by atoms with van der Waals surface area (Å²) in [7, 11) is 0. The summed E-state index contributed by atoms with van der Waals surface area (Å²) in [6.45, 7) is 4.09. The van der Waals surface area contributed by atoms with Crippen molar-refractivity contribution in [2.24, 2.45) is 0 Å². The summed E-state index contributed by atoms with van der Waals surface area (Å²) in [5.41, 5.74) is 4.28. The molecule has 2 aromatic carbocycles. The van der Waals surface area contributed by atoms with Crippen LogP contribution in [0.3, 0.4) is 0 Å². The first-order valence-corrected chi connectivity index (χ1v) is 8.22. The summed E-state index contributed by atoms with van der Waals surface area (Å²) in [6.07, 6.45) is 0.849. The minimum absolute atomic E-state index is 0.268. The van der Waals surface area contributed by atoms with E-state index in [4.69, 9.17) is 0 Å². The Bertz CT molecular complexity index is 858. The van der Waals surface area contributed by atoms with Gasteiger partial charge in [-0.15, -0.1) is 10.2 Å². The first kappa shape index (κ1) is 16.6. The molecule has 5 heteroatoms. The van der Waals surface area contributed by atoms with E-state index in [2.05, 4.69) is 27.8 Å². The van der Waals surface area contributed by atoms with Gasteiger partial charge in [-0.2, -0.15) is 0 Å². The summed E-state index contributed by atoms with van der Waals surface area (Å²) < 4.78 is 0. The second kappa shape index (κ2) is 7.57. The van der Waals surface area contributed by atoms with Gasteiger partial charge < -0.3 is 10.6 Å². The number of aromatic nitrogens is 2. The lowest BCUT2D eigenvalue weighted by Crippen LogP contribution is -2.15. The van der Waals surface area contributed by atoms with Crippen LogP contribution in [0.15, 0.2) is 60.7 Å². The van der Waals surface area contributed by atoms with Crippen molar-refractivity contribution in [1.29, 1.82) is 0 Å². The normalized spacial score (nSPS) is 10.3. The van der Waals surface area contributed by atoms with E-state index in [-0.39, 0.29) is 11.6 Å². The molecule has 0 spiro atoms. The average Bonchev–Trinajstić information content (AvgIpc) is 2.64. The fourth-order valence-electron chi connectivity index (χ4n) is 2.44. The first-order chi connectivity index (χ1) is 12.2. The van der Waals surface area contributed by atoms with Gasteiger partial charge in [-0.1, -0.05) is 42.8 Å². The summed E-state index contributed by atoms with van der Waals surface area (Å²) in [5, 5.41) is 14.2. The second-order valence-corrected chi connectivity index (χ2v) is 5.76. The molecule has 0 unspecified atom stereocenters. The first-order valence-electron chi connectivity index (χ1n) is 8.22. The number of amides is 1. The molecule has 2 N–H and O–H groups in total. The smallest absolute Gasteiger partial charge is 0.276 e. The fourth-order valence-corrected chi connectivity index (χ4v) is 2.44. The lowest BCUT2D eigenvalue weighted by Gasteiger charge is -2.09. The number of hydrogen-bond donors (Lipinski definition) is 2. The van der Waals surface area contributed by atoms with Gasteiger partial charge in [0, 0.05) is 11.4 Å². The number of para-hydroxylation sites is 1. The molecule has 0 saturated heterocycles. The van der Waals surface area contributed by atoms with E-state index in [0.29, 0.717) is 5.82 Å². The molecule has 3 rings (SSSR count). The van der Waals surface area contributed by atoms with Crippen LogP contribution >= 0.6 is 0 Å². The van der Waals surface area contributed by atoms with Crippen molar-refractivity contribution in [3.63, 3.8) is 0 Å². The molecule has 0 radical (unpaired) electrons. The van der Waals surface area contributed by atoms with Crippen molar-refractivity contribution in [3.05, 3.63) is 77.5 Å². The Morgan fingerprint density at radius 1 is 0.960 bits per heavy atom. The summed E-state index contributed by atoms with van der Waals surface area (Å²) >= 11 is 0. The van der Waals surface area contributed by atoms with Crippen molar-refractivity contribution in [2.45, 2.75) is 20.3 Å². The van der Waals surface area contributed by atoms with Gasteiger partial charge in [0.05, 0.1) is 0 Å². The molecule has 5 nitrogen and oxygen atoms in total.